The first-order valence-electron chi connectivity index (χ1n) is 11.2. The maximum Gasteiger partial charge on any atom is 0.412 e. The molecule has 0 aliphatic heterocycles. The molecule has 0 spiro atoms. The molecule has 0 fully saturated rings. The minimum atomic E-state index is -0.716. The van der Waals surface area contributed by atoms with Crippen molar-refractivity contribution in [1.82, 2.24) is 9.88 Å². The zero-order chi connectivity index (χ0) is 24.6. The molecular formula is C27H25N3O5. The van der Waals surface area contributed by atoms with E-state index in [-0.39, 0.29) is 25.3 Å². The van der Waals surface area contributed by atoms with Gasteiger partial charge in [-0.25, -0.2) is 9.59 Å². The molecular weight excluding hydrogens is 446 g/mol. The van der Waals surface area contributed by atoms with E-state index in [1.807, 2.05) is 48.5 Å². The van der Waals surface area contributed by atoms with Gasteiger partial charge in [-0.3, -0.25) is 9.36 Å². The lowest BCUT2D eigenvalue weighted by Gasteiger charge is -2.18. The van der Waals surface area contributed by atoms with Gasteiger partial charge < -0.3 is 20.1 Å². The van der Waals surface area contributed by atoms with Crippen LogP contribution in [0.2, 0.25) is 0 Å². The van der Waals surface area contributed by atoms with E-state index in [9.17, 15) is 14.4 Å². The highest BCUT2D eigenvalue weighted by Gasteiger charge is 2.24. The number of para-hydroxylation sites is 3. The maximum absolute atomic E-state index is 13.6. The molecule has 3 aromatic carbocycles. The number of hydrogen-bond donors (Lipinski definition) is 2. The number of carbonyl (C=O) groups excluding carboxylic acids is 2. The molecule has 4 rings (SSSR count). The zero-order valence-electron chi connectivity index (χ0n) is 19.2. The molecule has 2 N–H and O–H groups in total. The Morgan fingerprint density at radius 1 is 0.857 bits per heavy atom. The summed E-state index contributed by atoms with van der Waals surface area (Å²) in [6.07, 6.45) is -0.604. The van der Waals surface area contributed by atoms with Crippen LogP contribution >= 0.6 is 0 Å². The Morgan fingerprint density at radius 2 is 1.51 bits per heavy atom. The monoisotopic (exact) mass is 471 g/mol. The smallest absolute Gasteiger partial charge is 0.412 e. The first kappa shape index (κ1) is 23.6. The summed E-state index contributed by atoms with van der Waals surface area (Å²) in [6.45, 7) is 2.26. The third kappa shape index (κ3) is 5.33. The van der Waals surface area contributed by atoms with E-state index >= 15 is 0 Å². The van der Waals surface area contributed by atoms with E-state index in [1.54, 1.807) is 43.3 Å². The van der Waals surface area contributed by atoms with Crippen LogP contribution in [-0.2, 0) is 4.74 Å². The van der Waals surface area contributed by atoms with Gasteiger partial charge in [0.25, 0.3) is 5.56 Å². The fourth-order valence-electron chi connectivity index (χ4n) is 3.74. The lowest BCUT2D eigenvalue weighted by molar-refractivity contribution is 0.0525. The molecule has 35 heavy (non-hydrogen) atoms. The third-order valence-corrected chi connectivity index (χ3v) is 5.23. The minimum Gasteiger partial charge on any atom is -0.462 e. The summed E-state index contributed by atoms with van der Waals surface area (Å²) in [5, 5.41) is 6.47. The van der Waals surface area contributed by atoms with E-state index in [4.69, 9.17) is 9.47 Å². The number of ether oxygens (including phenoxy) is 2. The van der Waals surface area contributed by atoms with Crippen LogP contribution in [0, 0.1) is 0 Å². The zero-order valence-corrected chi connectivity index (χ0v) is 19.2. The van der Waals surface area contributed by atoms with Gasteiger partial charge in [0.1, 0.15) is 11.3 Å². The predicted molar refractivity (Wildman–Crippen MR) is 134 cm³/mol. The van der Waals surface area contributed by atoms with Crippen LogP contribution in [0.3, 0.4) is 0 Å². The van der Waals surface area contributed by atoms with Crippen molar-refractivity contribution in [3.8, 4) is 11.4 Å². The van der Waals surface area contributed by atoms with Crippen LogP contribution in [0.15, 0.2) is 89.7 Å². The lowest BCUT2D eigenvalue weighted by Crippen LogP contribution is -2.33. The number of rotatable bonds is 8. The molecule has 4 aromatic rings. The average Bonchev–Trinajstić information content (AvgIpc) is 2.87. The van der Waals surface area contributed by atoms with Crippen LogP contribution in [0.5, 0.6) is 5.75 Å². The van der Waals surface area contributed by atoms with E-state index in [0.29, 0.717) is 28.0 Å². The van der Waals surface area contributed by atoms with Crippen LogP contribution in [0.1, 0.15) is 17.3 Å². The molecule has 8 nitrogen and oxygen atoms in total. The molecule has 1 aromatic heterocycles. The number of benzene rings is 3. The van der Waals surface area contributed by atoms with Gasteiger partial charge in [0, 0.05) is 24.2 Å². The van der Waals surface area contributed by atoms with Crippen molar-refractivity contribution < 1.29 is 19.1 Å². The van der Waals surface area contributed by atoms with Gasteiger partial charge in [0.05, 0.1) is 17.8 Å². The summed E-state index contributed by atoms with van der Waals surface area (Å²) in [5.41, 5.74) is 1.04. The highest BCUT2D eigenvalue weighted by atomic mass is 16.6. The van der Waals surface area contributed by atoms with Gasteiger partial charge in [0.2, 0.25) is 0 Å². The Morgan fingerprint density at radius 3 is 2.23 bits per heavy atom. The molecule has 0 saturated carbocycles. The van der Waals surface area contributed by atoms with Crippen molar-refractivity contribution in [3.05, 3.63) is 101 Å². The summed E-state index contributed by atoms with van der Waals surface area (Å²) in [6, 6.07) is 25.1. The molecule has 0 aliphatic rings. The summed E-state index contributed by atoms with van der Waals surface area (Å²) in [4.78, 5) is 38.6. The van der Waals surface area contributed by atoms with Crippen molar-refractivity contribution in [2.75, 3.05) is 25.0 Å². The Hall–Kier alpha value is -4.59. The number of nitrogens with zero attached hydrogens (tertiary/aromatic N) is 1. The topological polar surface area (TPSA) is 98.7 Å². The Kier molecular flexibility index (Phi) is 7.42. The van der Waals surface area contributed by atoms with Crippen molar-refractivity contribution in [2.45, 2.75) is 6.92 Å². The Bertz CT molecular complexity index is 1380. The average molecular weight is 472 g/mol. The highest BCUT2D eigenvalue weighted by Crippen LogP contribution is 2.27. The van der Waals surface area contributed by atoms with E-state index in [1.165, 1.54) is 4.57 Å². The molecule has 0 bridgehead atoms. The predicted octanol–water partition coefficient (Wildman–Crippen LogP) is 4.37. The number of nitrogens with one attached hydrogen (secondary N) is 2. The van der Waals surface area contributed by atoms with Gasteiger partial charge in [-0.2, -0.15) is 0 Å². The van der Waals surface area contributed by atoms with Gasteiger partial charge in [-0.15, -0.1) is 0 Å². The van der Waals surface area contributed by atoms with Gasteiger partial charge in [0.15, 0.2) is 0 Å². The number of carbonyl (C=O) groups is 2. The second-order valence-corrected chi connectivity index (χ2v) is 7.52. The molecule has 1 amide bonds. The number of esters is 1. The van der Waals surface area contributed by atoms with Crippen LogP contribution in [0.25, 0.3) is 16.6 Å². The van der Waals surface area contributed by atoms with Gasteiger partial charge in [-0.1, -0.05) is 54.6 Å². The second kappa shape index (κ2) is 11.0. The molecule has 0 unspecified atom stereocenters. The summed E-state index contributed by atoms with van der Waals surface area (Å²) >= 11 is 0. The largest absolute Gasteiger partial charge is 0.462 e. The molecule has 8 heteroatoms. The van der Waals surface area contributed by atoms with Crippen molar-refractivity contribution >= 4 is 28.7 Å². The summed E-state index contributed by atoms with van der Waals surface area (Å²) in [5.74, 6) is -0.287. The summed E-state index contributed by atoms with van der Waals surface area (Å²) in [7, 11) is 0. The molecule has 0 radical (unpaired) electrons. The number of fused-ring (bicyclic) bond motifs is 1. The number of hydrogen-bond acceptors (Lipinski definition) is 6. The third-order valence-electron chi connectivity index (χ3n) is 5.23. The van der Waals surface area contributed by atoms with E-state index < -0.39 is 17.6 Å². The standard InChI is InChI=1S/C27H25N3O5/c1-2-34-26(32)23-24(28-17-18-29-27(33)35-20-13-7-4-8-14-20)21-15-9-10-16-22(21)30(25(23)31)19-11-5-3-6-12-19/h3-16,28H,2,17-18H2,1H3,(H,29,33). The number of anilines is 1. The minimum absolute atomic E-state index is 0.0961. The molecule has 0 saturated heterocycles. The van der Waals surface area contributed by atoms with Crippen molar-refractivity contribution in [1.29, 1.82) is 0 Å². The maximum atomic E-state index is 13.6. The normalized spacial score (nSPS) is 10.5. The first-order chi connectivity index (χ1) is 17.1. The van der Waals surface area contributed by atoms with E-state index in [0.717, 1.165) is 0 Å². The van der Waals surface area contributed by atoms with Gasteiger partial charge >= 0.3 is 12.1 Å². The van der Waals surface area contributed by atoms with Crippen LogP contribution < -0.4 is 20.9 Å². The van der Waals surface area contributed by atoms with E-state index in [2.05, 4.69) is 10.6 Å². The van der Waals surface area contributed by atoms with Crippen molar-refractivity contribution in [3.63, 3.8) is 0 Å². The van der Waals surface area contributed by atoms with Crippen molar-refractivity contribution in [2.24, 2.45) is 0 Å². The Labute approximate surface area is 202 Å². The van der Waals surface area contributed by atoms with Gasteiger partial charge in [-0.05, 0) is 37.3 Å². The Balaban J connectivity index is 1.64. The highest BCUT2D eigenvalue weighted by molar-refractivity contribution is 6.05. The second-order valence-electron chi connectivity index (χ2n) is 7.52. The number of aromatic nitrogens is 1. The molecule has 178 valence electrons. The fourth-order valence-corrected chi connectivity index (χ4v) is 3.74. The molecule has 1 heterocycles. The number of pyridine rings is 1. The molecule has 0 atom stereocenters. The molecule has 0 aliphatic carbocycles. The fraction of sp³-hybridized carbons (Fsp3) is 0.148. The number of amides is 1. The SMILES string of the molecule is CCOC(=O)c1c(NCCNC(=O)Oc2ccccc2)c2ccccc2n(-c2ccccc2)c1=O. The van der Waals surface area contributed by atoms with Crippen LogP contribution in [0.4, 0.5) is 10.5 Å². The first-order valence-corrected chi connectivity index (χ1v) is 11.2. The van der Waals surface area contributed by atoms with Crippen LogP contribution in [-0.4, -0.2) is 36.3 Å². The quantitative estimate of drug-likeness (QED) is 0.293. The summed E-state index contributed by atoms with van der Waals surface area (Å²) < 4.78 is 11.9. The lowest BCUT2D eigenvalue weighted by atomic mass is 10.1.